The summed E-state index contributed by atoms with van der Waals surface area (Å²) in [6.07, 6.45) is 4.61. The van der Waals surface area contributed by atoms with Gasteiger partial charge in [0.25, 0.3) is 5.91 Å². The van der Waals surface area contributed by atoms with E-state index >= 15 is 0 Å². The molecular weight excluding hydrogens is 257 g/mol. The smallest absolute Gasteiger partial charge is 0.251 e. The maximum atomic E-state index is 13.1. The molecule has 1 aromatic carbocycles. The molecular formula is C12H9ClFN3O. The number of carbonyl (C=O) groups is 1. The summed E-state index contributed by atoms with van der Waals surface area (Å²) in [5, 5.41) is 2.78. The number of carbonyl (C=O) groups excluding carboxylic acids is 1. The van der Waals surface area contributed by atoms with Crippen LogP contribution in [0.4, 0.5) is 4.39 Å². The highest BCUT2D eigenvalue weighted by molar-refractivity contribution is 6.31. The van der Waals surface area contributed by atoms with E-state index in [0.29, 0.717) is 5.69 Å². The van der Waals surface area contributed by atoms with Crippen LogP contribution in [0.5, 0.6) is 0 Å². The summed E-state index contributed by atoms with van der Waals surface area (Å²) in [7, 11) is 0. The van der Waals surface area contributed by atoms with Gasteiger partial charge in [0, 0.05) is 23.0 Å². The van der Waals surface area contributed by atoms with E-state index in [4.69, 9.17) is 11.6 Å². The fourth-order valence-electron chi connectivity index (χ4n) is 1.38. The molecule has 1 aromatic heterocycles. The Labute approximate surface area is 108 Å². The minimum Gasteiger partial charge on any atom is -0.346 e. The van der Waals surface area contributed by atoms with Crippen LogP contribution >= 0.6 is 11.6 Å². The van der Waals surface area contributed by atoms with Gasteiger partial charge >= 0.3 is 0 Å². The van der Waals surface area contributed by atoms with Crippen LogP contribution in [-0.2, 0) is 6.54 Å². The Balaban J connectivity index is 2.04. The van der Waals surface area contributed by atoms with Crippen LogP contribution in [0, 0.1) is 5.82 Å². The number of benzene rings is 1. The molecule has 0 aliphatic heterocycles. The van der Waals surface area contributed by atoms with Gasteiger partial charge in [-0.3, -0.25) is 14.8 Å². The first kappa shape index (κ1) is 12.4. The largest absolute Gasteiger partial charge is 0.346 e. The molecule has 0 radical (unpaired) electrons. The zero-order valence-corrected chi connectivity index (χ0v) is 9.99. The van der Waals surface area contributed by atoms with E-state index < -0.39 is 11.7 Å². The van der Waals surface area contributed by atoms with Gasteiger partial charge in [0.15, 0.2) is 0 Å². The van der Waals surface area contributed by atoms with E-state index in [0.717, 1.165) is 12.1 Å². The first-order valence-corrected chi connectivity index (χ1v) is 5.52. The second-order valence-electron chi connectivity index (χ2n) is 3.54. The highest BCUT2D eigenvalue weighted by Gasteiger charge is 2.08. The quantitative estimate of drug-likeness (QED) is 0.926. The molecule has 4 nitrogen and oxygen atoms in total. The number of amides is 1. The van der Waals surface area contributed by atoms with Crippen LogP contribution in [0.3, 0.4) is 0 Å². The second kappa shape index (κ2) is 5.55. The lowest BCUT2D eigenvalue weighted by Crippen LogP contribution is -2.23. The standard InChI is InChI=1S/C12H9ClFN3O/c13-9-3-8(4-10(14)5-9)12(18)17-7-11-6-15-1-2-16-11/h1-6H,7H2,(H,17,18). The Bertz CT molecular complexity index is 542. The number of nitrogens with one attached hydrogen (secondary N) is 1. The minimum absolute atomic E-state index is 0.170. The third kappa shape index (κ3) is 3.24. The van der Waals surface area contributed by atoms with Crippen molar-refractivity contribution in [2.75, 3.05) is 0 Å². The van der Waals surface area contributed by atoms with Gasteiger partial charge in [0.2, 0.25) is 0 Å². The molecule has 2 aromatic rings. The van der Waals surface area contributed by atoms with Crippen molar-refractivity contribution in [2.24, 2.45) is 0 Å². The predicted molar refractivity (Wildman–Crippen MR) is 64.6 cm³/mol. The first-order chi connectivity index (χ1) is 8.65. The Morgan fingerprint density at radius 3 is 2.83 bits per heavy atom. The average Bonchev–Trinajstić information content (AvgIpc) is 2.36. The Hall–Kier alpha value is -2.01. The van der Waals surface area contributed by atoms with Gasteiger partial charge in [-0.15, -0.1) is 0 Å². The highest BCUT2D eigenvalue weighted by atomic mass is 35.5. The van der Waals surface area contributed by atoms with Gasteiger partial charge in [-0.05, 0) is 18.2 Å². The summed E-state index contributed by atoms with van der Waals surface area (Å²) in [6, 6.07) is 3.66. The summed E-state index contributed by atoms with van der Waals surface area (Å²) >= 11 is 5.67. The lowest BCUT2D eigenvalue weighted by Gasteiger charge is -2.05. The average molecular weight is 266 g/mol. The molecule has 0 saturated heterocycles. The molecule has 1 N–H and O–H groups in total. The van der Waals surface area contributed by atoms with Crippen molar-refractivity contribution in [3.8, 4) is 0 Å². The number of halogens is 2. The van der Waals surface area contributed by atoms with Crippen molar-refractivity contribution in [1.29, 1.82) is 0 Å². The monoisotopic (exact) mass is 265 g/mol. The van der Waals surface area contributed by atoms with E-state index in [-0.39, 0.29) is 17.1 Å². The molecule has 0 unspecified atom stereocenters. The summed E-state index contributed by atoms with van der Waals surface area (Å²) in [4.78, 5) is 19.6. The number of rotatable bonds is 3. The van der Waals surface area contributed by atoms with E-state index in [2.05, 4.69) is 15.3 Å². The SMILES string of the molecule is O=C(NCc1cnccn1)c1cc(F)cc(Cl)c1. The molecule has 0 aliphatic carbocycles. The highest BCUT2D eigenvalue weighted by Crippen LogP contribution is 2.14. The first-order valence-electron chi connectivity index (χ1n) is 5.14. The van der Waals surface area contributed by atoms with Gasteiger partial charge in [-0.25, -0.2) is 4.39 Å². The van der Waals surface area contributed by atoms with Crippen LogP contribution in [0.2, 0.25) is 5.02 Å². The van der Waals surface area contributed by atoms with Crippen molar-refractivity contribution in [2.45, 2.75) is 6.54 Å². The molecule has 0 fully saturated rings. The Morgan fingerprint density at radius 2 is 2.17 bits per heavy atom. The summed E-state index contributed by atoms with van der Waals surface area (Å²) in [5.41, 5.74) is 0.789. The van der Waals surface area contributed by atoms with Gasteiger partial charge in [-0.1, -0.05) is 11.6 Å². The summed E-state index contributed by atoms with van der Waals surface area (Å²) < 4.78 is 13.1. The van der Waals surface area contributed by atoms with Crippen LogP contribution in [0.15, 0.2) is 36.8 Å². The zero-order chi connectivity index (χ0) is 13.0. The maximum Gasteiger partial charge on any atom is 0.251 e. The molecule has 6 heteroatoms. The van der Waals surface area contributed by atoms with E-state index in [1.54, 1.807) is 6.20 Å². The fraction of sp³-hybridized carbons (Fsp3) is 0.0833. The van der Waals surface area contributed by atoms with Crippen molar-refractivity contribution in [1.82, 2.24) is 15.3 Å². The molecule has 18 heavy (non-hydrogen) atoms. The van der Waals surface area contributed by atoms with Crippen LogP contribution < -0.4 is 5.32 Å². The van der Waals surface area contributed by atoms with Crippen molar-refractivity contribution < 1.29 is 9.18 Å². The van der Waals surface area contributed by atoms with Gasteiger partial charge in [-0.2, -0.15) is 0 Å². The maximum absolute atomic E-state index is 13.1. The summed E-state index contributed by atoms with van der Waals surface area (Å²) in [5.74, 6) is -0.964. The lowest BCUT2D eigenvalue weighted by molar-refractivity contribution is 0.0950. The normalized spacial score (nSPS) is 10.1. The molecule has 0 spiro atoms. The molecule has 1 heterocycles. The molecule has 0 atom stereocenters. The number of aromatic nitrogens is 2. The second-order valence-corrected chi connectivity index (χ2v) is 3.97. The van der Waals surface area contributed by atoms with Crippen molar-refractivity contribution >= 4 is 17.5 Å². The Kier molecular flexibility index (Phi) is 3.84. The number of hydrogen-bond acceptors (Lipinski definition) is 3. The molecule has 0 aliphatic rings. The van der Waals surface area contributed by atoms with Crippen LogP contribution in [-0.4, -0.2) is 15.9 Å². The number of nitrogens with zero attached hydrogens (tertiary/aromatic N) is 2. The molecule has 1 amide bonds. The van der Waals surface area contributed by atoms with E-state index in [9.17, 15) is 9.18 Å². The van der Waals surface area contributed by atoms with Crippen molar-refractivity contribution in [3.05, 3.63) is 58.9 Å². The molecule has 92 valence electrons. The Morgan fingerprint density at radius 1 is 1.33 bits per heavy atom. The van der Waals surface area contributed by atoms with Crippen LogP contribution in [0.25, 0.3) is 0 Å². The molecule has 0 saturated carbocycles. The van der Waals surface area contributed by atoms with Gasteiger partial charge < -0.3 is 5.32 Å². The number of hydrogen-bond donors (Lipinski definition) is 1. The fourth-order valence-corrected chi connectivity index (χ4v) is 1.60. The molecule has 0 bridgehead atoms. The van der Waals surface area contributed by atoms with Crippen molar-refractivity contribution in [3.63, 3.8) is 0 Å². The van der Waals surface area contributed by atoms with E-state index in [1.807, 2.05) is 0 Å². The van der Waals surface area contributed by atoms with Gasteiger partial charge in [0.05, 0.1) is 18.4 Å². The predicted octanol–water partition coefficient (Wildman–Crippen LogP) is 2.20. The molecule has 2 rings (SSSR count). The van der Waals surface area contributed by atoms with Gasteiger partial charge in [0.1, 0.15) is 5.82 Å². The van der Waals surface area contributed by atoms with Crippen LogP contribution in [0.1, 0.15) is 16.1 Å². The third-order valence-corrected chi connectivity index (χ3v) is 2.39. The summed E-state index contributed by atoms with van der Waals surface area (Å²) in [6.45, 7) is 0.223. The zero-order valence-electron chi connectivity index (χ0n) is 9.23. The lowest BCUT2D eigenvalue weighted by atomic mass is 10.2. The third-order valence-electron chi connectivity index (χ3n) is 2.17. The minimum atomic E-state index is -0.549. The van der Waals surface area contributed by atoms with E-state index in [1.165, 1.54) is 18.5 Å². The topological polar surface area (TPSA) is 54.9 Å².